The first kappa shape index (κ1) is 28.4. The van der Waals surface area contributed by atoms with Gasteiger partial charge in [0, 0.05) is 18.8 Å². The first-order valence-electron chi connectivity index (χ1n) is 13.8. The molecule has 1 N–H and O–H groups in total. The van der Waals surface area contributed by atoms with E-state index in [0.29, 0.717) is 34.4 Å². The lowest BCUT2D eigenvalue weighted by Gasteiger charge is -2.29. The Bertz CT molecular complexity index is 1700. The number of carboxylic acids is 1. The molecule has 1 atom stereocenters. The molecule has 0 saturated carbocycles. The summed E-state index contributed by atoms with van der Waals surface area (Å²) in [6, 6.07) is 13.1. The monoisotopic (exact) mass is 556 g/mol. The summed E-state index contributed by atoms with van der Waals surface area (Å²) < 4.78 is 19.5. The van der Waals surface area contributed by atoms with Crippen LogP contribution in [0.1, 0.15) is 61.4 Å². The minimum absolute atomic E-state index is 0.258. The molecule has 3 heterocycles. The predicted octanol–water partition coefficient (Wildman–Crippen LogP) is 6.06. The van der Waals surface area contributed by atoms with Gasteiger partial charge in [-0.3, -0.25) is 9.78 Å². The van der Waals surface area contributed by atoms with Gasteiger partial charge in [0.25, 0.3) is 5.56 Å². The molecule has 2 aromatic carbocycles. The fourth-order valence-electron chi connectivity index (χ4n) is 5.47. The lowest BCUT2D eigenvalue weighted by atomic mass is 9.88. The van der Waals surface area contributed by atoms with Gasteiger partial charge >= 0.3 is 5.97 Å². The highest BCUT2D eigenvalue weighted by molar-refractivity contribution is 6.00. The van der Waals surface area contributed by atoms with Crippen molar-refractivity contribution < 1.29 is 24.1 Å². The molecule has 8 nitrogen and oxygen atoms in total. The number of carboxylic acid groups (broad SMARTS) is 1. The van der Waals surface area contributed by atoms with Crippen molar-refractivity contribution in [2.75, 3.05) is 6.61 Å². The van der Waals surface area contributed by atoms with Crippen molar-refractivity contribution in [3.63, 3.8) is 0 Å². The molecule has 0 aliphatic carbocycles. The van der Waals surface area contributed by atoms with Gasteiger partial charge in [0.15, 0.2) is 6.10 Å². The normalized spacial score (nSPS) is 13.9. The Morgan fingerprint density at radius 2 is 1.93 bits per heavy atom. The largest absolute Gasteiger partial charge is 0.493 e. The van der Waals surface area contributed by atoms with Gasteiger partial charge in [-0.25, -0.2) is 4.79 Å². The zero-order valence-electron chi connectivity index (χ0n) is 24.4. The third kappa shape index (κ3) is 5.57. The zero-order chi connectivity index (χ0) is 29.5. The fraction of sp³-hybridized carbons (Fsp3) is 0.364. The summed E-state index contributed by atoms with van der Waals surface area (Å²) in [6.45, 7) is 10.3. The van der Waals surface area contributed by atoms with Crippen LogP contribution in [0.2, 0.25) is 0 Å². The summed E-state index contributed by atoms with van der Waals surface area (Å²) in [6.07, 6.45) is 2.11. The van der Waals surface area contributed by atoms with Gasteiger partial charge in [0.2, 0.25) is 0 Å². The Balaban J connectivity index is 1.75. The molecule has 5 rings (SSSR count). The number of rotatable bonds is 7. The number of ether oxygens (including phenoxy) is 3. The van der Waals surface area contributed by atoms with E-state index in [1.54, 1.807) is 40.1 Å². The molecule has 0 bridgehead atoms. The molecule has 214 valence electrons. The third-order valence-electron chi connectivity index (χ3n) is 7.50. The number of nitrogens with zero attached hydrogens (tertiary/aromatic N) is 2. The molecule has 0 radical (unpaired) electrons. The van der Waals surface area contributed by atoms with Crippen LogP contribution < -0.4 is 15.0 Å². The van der Waals surface area contributed by atoms with Crippen molar-refractivity contribution in [3.05, 3.63) is 87.1 Å². The van der Waals surface area contributed by atoms with E-state index < -0.39 is 17.7 Å². The molecule has 1 aliphatic heterocycles. The Labute approximate surface area is 239 Å². The van der Waals surface area contributed by atoms with Crippen molar-refractivity contribution >= 4 is 16.7 Å². The second kappa shape index (κ2) is 11.0. The zero-order valence-corrected chi connectivity index (χ0v) is 24.4. The number of carbonyl (C=O) groups is 1. The number of aliphatic carboxylic acids is 1. The highest BCUT2D eigenvalue weighted by Crippen LogP contribution is 2.42. The molecule has 1 unspecified atom stereocenters. The van der Waals surface area contributed by atoms with E-state index >= 15 is 0 Å². The van der Waals surface area contributed by atoms with Crippen molar-refractivity contribution in [1.29, 1.82) is 0 Å². The van der Waals surface area contributed by atoms with Crippen LogP contribution >= 0.6 is 0 Å². The lowest BCUT2D eigenvalue weighted by molar-refractivity contribution is -0.161. The topological polar surface area (TPSA) is 99.9 Å². The van der Waals surface area contributed by atoms with Crippen molar-refractivity contribution in [3.8, 4) is 22.6 Å². The van der Waals surface area contributed by atoms with Crippen molar-refractivity contribution in [1.82, 2.24) is 9.55 Å². The quantitative estimate of drug-likeness (QED) is 0.295. The molecule has 0 spiro atoms. The van der Waals surface area contributed by atoms with Crippen LogP contribution in [0.5, 0.6) is 11.5 Å². The van der Waals surface area contributed by atoms with E-state index in [0.717, 1.165) is 46.5 Å². The minimum Gasteiger partial charge on any atom is -0.493 e. The molecule has 0 amide bonds. The Kier molecular flexibility index (Phi) is 7.62. The average Bonchev–Trinajstić information content (AvgIpc) is 2.93. The summed E-state index contributed by atoms with van der Waals surface area (Å²) >= 11 is 0. The summed E-state index contributed by atoms with van der Waals surface area (Å²) in [7, 11) is 1.60. The maximum atomic E-state index is 13.9. The van der Waals surface area contributed by atoms with E-state index in [-0.39, 0.29) is 12.2 Å². The average molecular weight is 557 g/mol. The van der Waals surface area contributed by atoms with Crippen LogP contribution in [0.15, 0.2) is 53.5 Å². The molecule has 2 aromatic heterocycles. The van der Waals surface area contributed by atoms with Gasteiger partial charge in [-0.1, -0.05) is 12.1 Å². The third-order valence-corrected chi connectivity index (χ3v) is 7.50. The number of benzene rings is 2. The maximum Gasteiger partial charge on any atom is 0.339 e. The minimum atomic E-state index is -1.37. The maximum absolute atomic E-state index is 13.9. The number of hydrogen-bond acceptors (Lipinski definition) is 6. The predicted molar refractivity (Wildman–Crippen MR) is 158 cm³/mol. The van der Waals surface area contributed by atoms with Gasteiger partial charge in [0.05, 0.1) is 29.0 Å². The van der Waals surface area contributed by atoms with Crippen LogP contribution in [0, 0.1) is 13.8 Å². The van der Waals surface area contributed by atoms with Gasteiger partial charge in [-0.2, -0.15) is 0 Å². The number of fused-ring (bicyclic) bond motifs is 2. The van der Waals surface area contributed by atoms with Crippen LogP contribution in [-0.2, 0) is 29.6 Å². The first-order valence-corrected chi connectivity index (χ1v) is 13.8. The lowest BCUT2D eigenvalue weighted by Crippen LogP contribution is -2.33. The standard InChI is InChI=1S/C33H36N2O6/c1-19-9-7-15-34-26(19)18-40-21-11-12-24-25(17-21)31(36)35(6)29(30(32(37)38)41-33(3,4)5)28(24)23-13-14-27-22(20(23)2)10-8-16-39-27/h7,9,11-15,17,30H,8,10,16,18H2,1-6H3,(H,37,38). The summed E-state index contributed by atoms with van der Waals surface area (Å²) in [5.74, 6) is 0.198. The van der Waals surface area contributed by atoms with Crippen LogP contribution in [-0.4, -0.2) is 32.8 Å². The highest BCUT2D eigenvalue weighted by Gasteiger charge is 2.34. The van der Waals surface area contributed by atoms with E-state index in [1.807, 2.05) is 50.2 Å². The highest BCUT2D eigenvalue weighted by atomic mass is 16.5. The molecule has 8 heteroatoms. The van der Waals surface area contributed by atoms with Crippen molar-refractivity contribution in [2.45, 2.75) is 65.8 Å². The molecule has 0 fully saturated rings. The number of hydrogen-bond donors (Lipinski definition) is 1. The van der Waals surface area contributed by atoms with E-state index in [4.69, 9.17) is 14.2 Å². The van der Waals surface area contributed by atoms with E-state index in [9.17, 15) is 14.7 Å². The van der Waals surface area contributed by atoms with Crippen LogP contribution in [0.3, 0.4) is 0 Å². The molecular weight excluding hydrogens is 520 g/mol. The first-order chi connectivity index (χ1) is 19.5. The Hall–Kier alpha value is -4.17. The Morgan fingerprint density at radius 1 is 1.15 bits per heavy atom. The van der Waals surface area contributed by atoms with Crippen molar-refractivity contribution in [2.24, 2.45) is 7.05 Å². The van der Waals surface area contributed by atoms with Crippen LogP contribution in [0.25, 0.3) is 21.9 Å². The number of aryl methyl sites for hydroxylation is 1. The van der Waals surface area contributed by atoms with E-state index in [2.05, 4.69) is 4.98 Å². The summed E-state index contributed by atoms with van der Waals surface area (Å²) in [4.78, 5) is 30.9. The van der Waals surface area contributed by atoms with Gasteiger partial charge in [0.1, 0.15) is 18.1 Å². The van der Waals surface area contributed by atoms with Crippen LogP contribution in [0.4, 0.5) is 0 Å². The van der Waals surface area contributed by atoms with Gasteiger partial charge in [-0.15, -0.1) is 0 Å². The second-order valence-corrected chi connectivity index (χ2v) is 11.5. The van der Waals surface area contributed by atoms with Gasteiger partial charge in [-0.05, 0) is 105 Å². The number of pyridine rings is 2. The Morgan fingerprint density at radius 3 is 2.63 bits per heavy atom. The smallest absolute Gasteiger partial charge is 0.339 e. The van der Waals surface area contributed by atoms with E-state index in [1.165, 1.54) is 4.57 Å². The molecule has 1 aliphatic rings. The second-order valence-electron chi connectivity index (χ2n) is 11.5. The fourth-order valence-corrected chi connectivity index (χ4v) is 5.47. The molecule has 4 aromatic rings. The van der Waals surface area contributed by atoms with Gasteiger partial charge < -0.3 is 23.9 Å². The summed E-state index contributed by atoms with van der Waals surface area (Å²) in [5, 5.41) is 11.4. The number of aromatic nitrogens is 2. The molecule has 0 saturated heterocycles. The summed E-state index contributed by atoms with van der Waals surface area (Å²) in [5.41, 5.74) is 4.59. The molecule has 41 heavy (non-hydrogen) atoms. The SMILES string of the molecule is Cc1cccnc1COc1ccc2c(-c3ccc4c(c3C)CCCO4)c(C(OC(C)(C)C)C(=O)O)n(C)c(=O)c2c1. The molecular formula is C33H36N2O6.